The summed E-state index contributed by atoms with van der Waals surface area (Å²) in [6.07, 6.45) is 3.83. The highest BCUT2D eigenvalue weighted by molar-refractivity contribution is 7.98. The minimum absolute atomic E-state index is 0.693. The van der Waals surface area contributed by atoms with Gasteiger partial charge in [-0.1, -0.05) is 35.0 Å². The topological polar surface area (TPSA) is 46.0 Å². The molecule has 0 bridgehead atoms. The van der Waals surface area contributed by atoms with E-state index < -0.39 is 0 Å². The van der Waals surface area contributed by atoms with Crippen molar-refractivity contribution in [2.75, 3.05) is 0 Å². The van der Waals surface area contributed by atoms with Crippen molar-refractivity contribution >= 4 is 51.6 Å². The van der Waals surface area contributed by atoms with Crippen LogP contribution in [0.4, 0.5) is 0 Å². The zero-order valence-electron chi connectivity index (χ0n) is 11.3. The summed E-state index contributed by atoms with van der Waals surface area (Å²) in [5, 5.41) is 2.25. The number of pyridine rings is 1. The molecule has 0 unspecified atom stereocenters. The van der Waals surface area contributed by atoms with E-state index in [-0.39, 0.29) is 0 Å². The quantitative estimate of drug-likeness (QED) is 0.540. The summed E-state index contributed by atoms with van der Waals surface area (Å²) in [5.74, 6) is 0.729. The molecule has 0 aliphatic carbocycles. The van der Waals surface area contributed by atoms with Crippen LogP contribution in [0.1, 0.15) is 5.69 Å². The fourth-order valence-corrected chi connectivity index (χ4v) is 3.36. The second-order valence-electron chi connectivity index (χ2n) is 4.84. The van der Waals surface area contributed by atoms with Gasteiger partial charge in [-0.15, -0.1) is 0 Å². The molecule has 0 saturated heterocycles. The smallest absolute Gasteiger partial charge is 0.166 e. The van der Waals surface area contributed by atoms with Gasteiger partial charge in [-0.05, 0) is 30.3 Å². The molecule has 0 atom stereocenters. The maximum atomic E-state index is 5.98. The van der Waals surface area contributed by atoms with Gasteiger partial charge in [0.2, 0.25) is 0 Å². The lowest BCUT2D eigenvalue weighted by molar-refractivity contribution is 1.07. The highest BCUT2D eigenvalue weighted by Crippen LogP contribution is 2.25. The third kappa shape index (κ3) is 2.67. The van der Waals surface area contributed by atoms with E-state index in [9.17, 15) is 0 Å². The number of nitrogens with one attached hydrogen (secondary N) is 1. The number of thioether (sulfide) groups is 1. The lowest BCUT2D eigenvalue weighted by Gasteiger charge is -1.92. The molecular formula is C15H10Cl2N4S. The lowest BCUT2D eigenvalue weighted by Crippen LogP contribution is -1.81. The third-order valence-electron chi connectivity index (χ3n) is 3.24. The van der Waals surface area contributed by atoms with E-state index in [1.807, 2.05) is 47.1 Å². The van der Waals surface area contributed by atoms with Crippen molar-refractivity contribution < 1.29 is 0 Å². The number of H-pyrrole nitrogens is 1. The Hall–Kier alpha value is -1.69. The molecular weight excluding hydrogens is 339 g/mol. The van der Waals surface area contributed by atoms with E-state index in [2.05, 4.69) is 15.0 Å². The first-order valence-corrected chi connectivity index (χ1v) is 8.33. The van der Waals surface area contributed by atoms with E-state index in [1.165, 1.54) is 0 Å². The van der Waals surface area contributed by atoms with Gasteiger partial charge in [0.15, 0.2) is 5.16 Å². The van der Waals surface area contributed by atoms with Gasteiger partial charge in [-0.25, -0.2) is 9.97 Å². The van der Waals surface area contributed by atoms with Crippen LogP contribution >= 0.6 is 35.0 Å². The van der Waals surface area contributed by atoms with Gasteiger partial charge in [0, 0.05) is 23.2 Å². The van der Waals surface area contributed by atoms with Gasteiger partial charge in [-0.2, -0.15) is 0 Å². The number of nitrogens with zero attached hydrogens (tertiary/aromatic N) is 3. The van der Waals surface area contributed by atoms with E-state index in [1.54, 1.807) is 11.8 Å². The Kier molecular flexibility index (Phi) is 3.48. The number of hydrogen-bond acceptors (Lipinski definition) is 3. The van der Waals surface area contributed by atoms with Crippen molar-refractivity contribution in [3.05, 3.63) is 58.5 Å². The molecule has 0 fully saturated rings. The number of hydrogen-bond donors (Lipinski definition) is 1. The van der Waals surface area contributed by atoms with Crippen LogP contribution in [0.2, 0.25) is 10.0 Å². The fraction of sp³-hybridized carbons (Fsp3) is 0.0667. The molecule has 4 aromatic rings. The van der Waals surface area contributed by atoms with Crippen LogP contribution in [0.5, 0.6) is 0 Å². The zero-order chi connectivity index (χ0) is 15.1. The summed E-state index contributed by atoms with van der Waals surface area (Å²) in [6, 6.07) is 9.36. The van der Waals surface area contributed by atoms with Gasteiger partial charge >= 0.3 is 0 Å². The maximum absolute atomic E-state index is 5.98. The van der Waals surface area contributed by atoms with E-state index in [0.717, 1.165) is 33.3 Å². The molecule has 0 amide bonds. The molecule has 4 rings (SSSR count). The van der Waals surface area contributed by atoms with Crippen molar-refractivity contribution in [1.82, 2.24) is 19.4 Å². The van der Waals surface area contributed by atoms with Crippen molar-refractivity contribution in [2.24, 2.45) is 0 Å². The first-order chi connectivity index (χ1) is 10.7. The Morgan fingerprint density at radius 3 is 2.82 bits per heavy atom. The normalized spacial score (nSPS) is 11.5. The minimum Gasteiger partial charge on any atom is -0.333 e. The Bertz CT molecular complexity index is 896. The SMILES string of the molecule is Clc1ccc2nc(SCc3cn4cc(Cl)ccc4n3)[nH]c2c1. The van der Waals surface area contributed by atoms with E-state index >= 15 is 0 Å². The predicted molar refractivity (Wildman–Crippen MR) is 90.9 cm³/mol. The first-order valence-electron chi connectivity index (χ1n) is 6.58. The lowest BCUT2D eigenvalue weighted by atomic mass is 10.3. The molecule has 7 heteroatoms. The fourth-order valence-electron chi connectivity index (χ4n) is 2.26. The standard InChI is InChI=1S/C15H10Cl2N4S/c16-9-1-3-12-13(5-9)20-15(19-12)22-8-11-7-21-6-10(17)2-4-14(21)18-11/h1-7H,8H2,(H,19,20). The summed E-state index contributed by atoms with van der Waals surface area (Å²) in [6.45, 7) is 0. The van der Waals surface area contributed by atoms with E-state index in [4.69, 9.17) is 23.2 Å². The highest BCUT2D eigenvalue weighted by Gasteiger charge is 2.07. The van der Waals surface area contributed by atoms with Gasteiger partial charge in [0.1, 0.15) is 5.65 Å². The van der Waals surface area contributed by atoms with Crippen molar-refractivity contribution in [1.29, 1.82) is 0 Å². The number of imidazole rings is 2. The van der Waals surface area contributed by atoms with Gasteiger partial charge in [0.25, 0.3) is 0 Å². The molecule has 1 aromatic carbocycles. The van der Waals surface area contributed by atoms with Crippen molar-refractivity contribution in [2.45, 2.75) is 10.9 Å². The molecule has 3 aromatic heterocycles. The molecule has 0 aliphatic rings. The summed E-state index contributed by atoms with van der Waals surface area (Å²) in [5.41, 5.74) is 3.72. The van der Waals surface area contributed by atoms with Gasteiger partial charge in [0.05, 0.1) is 21.7 Å². The number of rotatable bonds is 3. The Morgan fingerprint density at radius 2 is 1.91 bits per heavy atom. The zero-order valence-corrected chi connectivity index (χ0v) is 13.6. The van der Waals surface area contributed by atoms with E-state index in [0.29, 0.717) is 10.0 Å². The molecule has 0 saturated carbocycles. The highest BCUT2D eigenvalue weighted by atomic mass is 35.5. The van der Waals surface area contributed by atoms with Crippen molar-refractivity contribution in [3.8, 4) is 0 Å². The van der Waals surface area contributed by atoms with Crippen LogP contribution in [0.3, 0.4) is 0 Å². The Balaban J connectivity index is 1.56. The third-order valence-corrected chi connectivity index (χ3v) is 4.61. The Morgan fingerprint density at radius 1 is 1.05 bits per heavy atom. The predicted octanol–water partition coefficient (Wildman–Crippen LogP) is 4.81. The number of fused-ring (bicyclic) bond motifs is 2. The molecule has 3 heterocycles. The number of aromatic nitrogens is 4. The van der Waals surface area contributed by atoms with Crippen LogP contribution in [0.15, 0.2) is 47.9 Å². The van der Waals surface area contributed by atoms with Crippen LogP contribution in [-0.4, -0.2) is 19.4 Å². The van der Waals surface area contributed by atoms with Gasteiger partial charge < -0.3 is 9.38 Å². The van der Waals surface area contributed by atoms with Crippen LogP contribution in [0, 0.1) is 0 Å². The molecule has 0 spiro atoms. The van der Waals surface area contributed by atoms with Crippen LogP contribution < -0.4 is 0 Å². The molecule has 1 N–H and O–H groups in total. The molecule has 110 valence electrons. The number of halogens is 2. The summed E-state index contributed by atoms with van der Waals surface area (Å²) < 4.78 is 1.93. The second kappa shape index (κ2) is 5.50. The number of aromatic amines is 1. The average Bonchev–Trinajstić information content (AvgIpc) is 3.07. The molecule has 0 aliphatic heterocycles. The summed E-state index contributed by atoms with van der Waals surface area (Å²) in [4.78, 5) is 12.3. The molecule has 4 nitrogen and oxygen atoms in total. The van der Waals surface area contributed by atoms with Crippen LogP contribution in [-0.2, 0) is 5.75 Å². The number of benzene rings is 1. The minimum atomic E-state index is 0.693. The summed E-state index contributed by atoms with van der Waals surface area (Å²) in [7, 11) is 0. The monoisotopic (exact) mass is 348 g/mol. The maximum Gasteiger partial charge on any atom is 0.166 e. The molecule has 0 radical (unpaired) electrons. The van der Waals surface area contributed by atoms with Crippen molar-refractivity contribution in [3.63, 3.8) is 0 Å². The van der Waals surface area contributed by atoms with Gasteiger partial charge in [-0.3, -0.25) is 0 Å². The average molecular weight is 349 g/mol. The summed E-state index contributed by atoms with van der Waals surface area (Å²) >= 11 is 13.6. The second-order valence-corrected chi connectivity index (χ2v) is 6.67. The van der Waals surface area contributed by atoms with Crippen LogP contribution in [0.25, 0.3) is 16.7 Å². The largest absolute Gasteiger partial charge is 0.333 e. The first kappa shape index (κ1) is 13.9. The Labute approximate surface area is 140 Å². The molecule has 22 heavy (non-hydrogen) atoms.